The van der Waals surface area contributed by atoms with Gasteiger partial charge in [-0.05, 0) is 36.8 Å². The van der Waals surface area contributed by atoms with Gasteiger partial charge in [0.2, 0.25) is 0 Å². The van der Waals surface area contributed by atoms with Gasteiger partial charge in [0.15, 0.2) is 6.61 Å². The van der Waals surface area contributed by atoms with E-state index in [1.165, 1.54) is 12.1 Å². The van der Waals surface area contributed by atoms with E-state index in [0.717, 1.165) is 23.8 Å². The van der Waals surface area contributed by atoms with Crippen LogP contribution in [0, 0.1) is 18.3 Å². The summed E-state index contributed by atoms with van der Waals surface area (Å²) >= 11 is 0. The summed E-state index contributed by atoms with van der Waals surface area (Å²) < 4.78 is 42.8. The third-order valence-electron chi connectivity index (χ3n) is 3.54. The molecule has 0 aliphatic carbocycles. The summed E-state index contributed by atoms with van der Waals surface area (Å²) in [5, 5.41) is 11.3. The van der Waals surface area contributed by atoms with Gasteiger partial charge in [0.25, 0.3) is 5.91 Å². The topological polar surface area (TPSA) is 79.2 Å². The molecule has 0 bridgehead atoms. The highest BCUT2D eigenvalue weighted by Crippen LogP contribution is 2.30. The molecule has 0 radical (unpaired) electrons. The molecule has 5 nitrogen and oxygen atoms in total. The molecular weight excluding hydrogens is 373 g/mol. The van der Waals surface area contributed by atoms with E-state index in [1.807, 2.05) is 6.92 Å². The number of nitriles is 1. The van der Waals surface area contributed by atoms with Crippen LogP contribution in [0.25, 0.3) is 6.08 Å². The van der Waals surface area contributed by atoms with E-state index in [-0.39, 0.29) is 11.3 Å². The van der Waals surface area contributed by atoms with Crippen molar-refractivity contribution in [1.29, 1.82) is 5.26 Å². The maximum atomic E-state index is 12.7. The second-order valence-corrected chi connectivity index (χ2v) is 5.78. The zero-order valence-corrected chi connectivity index (χ0v) is 14.7. The Bertz CT molecular complexity index is 942. The number of hydrogen-bond acceptors (Lipinski definition) is 4. The van der Waals surface area contributed by atoms with Crippen LogP contribution >= 0.6 is 0 Å². The maximum Gasteiger partial charge on any atom is 0.416 e. The van der Waals surface area contributed by atoms with Gasteiger partial charge in [0.1, 0.15) is 11.6 Å². The average Bonchev–Trinajstić information content (AvgIpc) is 2.65. The van der Waals surface area contributed by atoms with E-state index in [1.54, 1.807) is 30.3 Å². The van der Waals surface area contributed by atoms with Crippen molar-refractivity contribution in [2.45, 2.75) is 13.1 Å². The van der Waals surface area contributed by atoms with Crippen molar-refractivity contribution in [3.63, 3.8) is 0 Å². The number of carbonyl (C=O) groups excluding carboxylic acids is 2. The lowest BCUT2D eigenvalue weighted by Crippen LogP contribution is -2.21. The Labute approximate surface area is 159 Å². The van der Waals surface area contributed by atoms with E-state index in [0.29, 0.717) is 5.56 Å². The summed E-state index contributed by atoms with van der Waals surface area (Å²) in [5.74, 6) is -1.84. The van der Waals surface area contributed by atoms with Crippen LogP contribution in [0.5, 0.6) is 0 Å². The molecule has 0 aromatic heterocycles. The van der Waals surface area contributed by atoms with Crippen molar-refractivity contribution >= 4 is 23.6 Å². The lowest BCUT2D eigenvalue weighted by molar-refractivity contribution is -0.142. The predicted molar refractivity (Wildman–Crippen MR) is 95.8 cm³/mol. The number of amides is 1. The predicted octanol–water partition coefficient (Wildman–Crippen LogP) is 4.10. The van der Waals surface area contributed by atoms with Crippen molar-refractivity contribution in [3.8, 4) is 6.07 Å². The molecule has 0 spiro atoms. The average molecular weight is 388 g/mol. The first-order valence-corrected chi connectivity index (χ1v) is 8.02. The highest BCUT2D eigenvalue weighted by molar-refractivity contribution is 6.00. The SMILES string of the molecule is Cc1ccc(/C=C(\C#N)C(=O)OCC(=O)Nc2cccc(C(F)(F)F)c2)cc1. The molecule has 0 fully saturated rings. The fourth-order valence-corrected chi connectivity index (χ4v) is 2.15. The minimum Gasteiger partial charge on any atom is -0.451 e. The molecule has 0 saturated heterocycles. The fraction of sp³-hybridized carbons (Fsp3) is 0.150. The summed E-state index contributed by atoms with van der Waals surface area (Å²) in [6, 6.07) is 12.7. The Morgan fingerprint density at radius 3 is 2.46 bits per heavy atom. The van der Waals surface area contributed by atoms with Crippen LogP contribution in [0.3, 0.4) is 0 Å². The number of nitrogens with one attached hydrogen (secondary N) is 1. The fourth-order valence-electron chi connectivity index (χ4n) is 2.15. The van der Waals surface area contributed by atoms with Crippen LogP contribution in [-0.4, -0.2) is 18.5 Å². The van der Waals surface area contributed by atoms with Crippen molar-refractivity contribution in [1.82, 2.24) is 0 Å². The lowest BCUT2D eigenvalue weighted by Gasteiger charge is -2.10. The summed E-state index contributed by atoms with van der Waals surface area (Å²) in [6.07, 6.45) is -3.23. The largest absolute Gasteiger partial charge is 0.451 e. The normalized spacial score (nSPS) is 11.5. The number of anilines is 1. The summed E-state index contributed by atoms with van der Waals surface area (Å²) in [7, 11) is 0. The molecule has 0 heterocycles. The third kappa shape index (κ3) is 5.99. The van der Waals surface area contributed by atoms with Crippen molar-refractivity contribution in [2.75, 3.05) is 11.9 Å². The van der Waals surface area contributed by atoms with Gasteiger partial charge in [-0.25, -0.2) is 4.79 Å². The number of benzene rings is 2. The molecule has 0 aliphatic heterocycles. The molecule has 1 amide bonds. The van der Waals surface area contributed by atoms with Crippen molar-refractivity contribution in [3.05, 3.63) is 70.8 Å². The van der Waals surface area contributed by atoms with Gasteiger partial charge in [-0.2, -0.15) is 18.4 Å². The van der Waals surface area contributed by atoms with Gasteiger partial charge in [-0.15, -0.1) is 0 Å². The van der Waals surface area contributed by atoms with Crippen LogP contribution in [0.2, 0.25) is 0 Å². The Morgan fingerprint density at radius 1 is 1.18 bits per heavy atom. The second kappa shape index (κ2) is 8.86. The number of esters is 1. The number of rotatable bonds is 5. The van der Waals surface area contributed by atoms with Crippen molar-refractivity contribution in [2.24, 2.45) is 0 Å². The van der Waals surface area contributed by atoms with E-state index < -0.39 is 30.2 Å². The van der Waals surface area contributed by atoms with Gasteiger partial charge >= 0.3 is 12.1 Å². The summed E-state index contributed by atoms with van der Waals surface area (Å²) in [4.78, 5) is 23.8. The molecule has 2 rings (SSSR count). The number of alkyl halides is 3. The van der Waals surface area contributed by atoms with E-state index in [4.69, 9.17) is 10.00 Å². The van der Waals surface area contributed by atoms with Gasteiger partial charge in [0, 0.05) is 5.69 Å². The van der Waals surface area contributed by atoms with Gasteiger partial charge in [0.05, 0.1) is 5.56 Å². The van der Waals surface area contributed by atoms with Crippen LogP contribution in [0.1, 0.15) is 16.7 Å². The Kier molecular flexibility index (Phi) is 6.55. The van der Waals surface area contributed by atoms with Gasteiger partial charge in [-0.3, -0.25) is 4.79 Å². The minimum absolute atomic E-state index is 0.0911. The van der Waals surface area contributed by atoms with E-state index >= 15 is 0 Å². The molecule has 0 atom stereocenters. The smallest absolute Gasteiger partial charge is 0.416 e. The number of carbonyl (C=O) groups is 2. The summed E-state index contributed by atoms with van der Waals surface area (Å²) in [6.45, 7) is 1.14. The first-order chi connectivity index (χ1) is 13.2. The van der Waals surface area contributed by atoms with E-state index in [2.05, 4.69) is 5.32 Å². The monoisotopic (exact) mass is 388 g/mol. The molecule has 1 N–H and O–H groups in total. The number of aryl methyl sites for hydroxylation is 1. The Morgan fingerprint density at radius 2 is 1.86 bits per heavy atom. The highest BCUT2D eigenvalue weighted by Gasteiger charge is 2.30. The number of halogens is 3. The van der Waals surface area contributed by atoms with E-state index in [9.17, 15) is 22.8 Å². The Hall–Kier alpha value is -3.60. The maximum absolute atomic E-state index is 12.7. The molecule has 0 unspecified atom stereocenters. The Balaban J connectivity index is 1.97. The summed E-state index contributed by atoms with van der Waals surface area (Å²) in [5.41, 5.74) is 0.286. The highest BCUT2D eigenvalue weighted by atomic mass is 19.4. The molecule has 144 valence electrons. The molecular formula is C20H15F3N2O3. The molecule has 28 heavy (non-hydrogen) atoms. The standard InChI is InChI=1S/C20H15F3N2O3/c1-13-5-7-14(8-6-13)9-15(11-24)19(27)28-12-18(26)25-17-4-2-3-16(10-17)20(21,22)23/h2-10H,12H2,1H3,(H,25,26)/b15-9+. The molecule has 0 aliphatic rings. The minimum atomic E-state index is -4.55. The van der Waals surface area contributed by atoms with Gasteiger partial charge in [-0.1, -0.05) is 35.9 Å². The number of ether oxygens (including phenoxy) is 1. The van der Waals surface area contributed by atoms with Crippen molar-refractivity contribution < 1.29 is 27.5 Å². The molecule has 0 saturated carbocycles. The molecule has 2 aromatic rings. The first-order valence-electron chi connectivity index (χ1n) is 8.02. The van der Waals surface area contributed by atoms with Crippen LogP contribution in [0.4, 0.5) is 18.9 Å². The van der Waals surface area contributed by atoms with Crippen LogP contribution in [0.15, 0.2) is 54.1 Å². The van der Waals surface area contributed by atoms with Gasteiger partial charge < -0.3 is 10.1 Å². The molecule has 8 heteroatoms. The quantitative estimate of drug-likeness (QED) is 0.475. The zero-order chi connectivity index (χ0) is 20.7. The van der Waals surface area contributed by atoms with Crippen LogP contribution in [-0.2, 0) is 20.5 Å². The molecule has 2 aromatic carbocycles. The zero-order valence-electron chi connectivity index (χ0n) is 14.7. The number of nitrogens with zero attached hydrogens (tertiary/aromatic N) is 1. The van der Waals surface area contributed by atoms with Crippen LogP contribution < -0.4 is 5.32 Å². The first kappa shape index (κ1) is 20.7. The third-order valence-corrected chi connectivity index (χ3v) is 3.54. The lowest BCUT2D eigenvalue weighted by atomic mass is 10.1. The second-order valence-electron chi connectivity index (χ2n) is 5.78. The number of hydrogen-bond donors (Lipinski definition) is 1.